The van der Waals surface area contributed by atoms with Gasteiger partial charge in [-0.1, -0.05) is 0 Å². The normalized spacial score (nSPS) is 15.1. The lowest BCUT2D eigenvalue weighted by Gasteiger charge is -2.22. The molecule has 9 nitrogen and oxygen atoms in total. The molecular weight excluding hydrogens is 412 g/mol. The first-order valence-corrected chi connectivity index (χ1v) is 11.3. The van der Waals surface area contributed by atoms with Crippen LogP contribution in [0.5, 0.6) is 0 Å². The van der Waals surface area contributed by atoms with Crippen LogP contribution < -0.4 is 10.6 Å². The molecule has 0 unspecified atom stereocenters. The molecule has 10 heteroatoms. The Balaban J connectivity index is 1.52. The summed E-state index contributed by atoms with van der Waals surface area (Å²) in [4.78, 5) is 9.52. The lowest BCUT2D eigenvalue weighted by Crippen LogP contribution is -2.19. The van der Waals surface area contributed by atoms with Crippen LogP contribution in [-0.2, 0) is 4.74 Å². The SMILES string of the molecule is Cc1cc(Nc2nc(NC(C)C)c3c(ccn3-c3cnn(C4CCOCC4)c3)n2)sn1. The molecule has 0 saturated carbocycles. The summed E-state index contributed by atoms with van der Waals surface area (Å²) in [5, 5.41) is 12.3. The Bertz CT molecular complexity index is 1190. The van der Waals surface area contributed by atoms with Crippen LogP contribution in [0.4, 0.5) is 16.8 Å². The van der Waals surface area contributed by atoms with E-state index in [1.807, 2.05) is 31.5 Å². The van der Waals surface area contributed by atoms with Crippen LogP contribution in [0.3, 0.4) is 0 Å². The van der Waals surface area contributed by atoms with E-state index in [4.69, 9.17) is 14.7 Å². The summed E-state index contributed by atoms with van der Waals surface area (Å²) in [7, 11) is 0. The highest BCUT2D eigenvalue weighted by atomic mass is 32.1. The van der Waals surface area contributed by atoms with Gasteiger partial charge in [-0.25, -0.2) is 4.98 Å². The molecule has 0 spiro atoms. The van der Waals surface area contributed by atoms with Crippen molar-refractivity contribution < 1.29 is 4.74 Å². The number of ether oxygens (including phenoxy) is 1. The number of nitrogens with zero attached hydrogens (tertiary/aromatic N) is 6. The van der Waals surface area contributed by atoms with Gasteiger partial charge in [0.25, 0.3) is 0 Å². The topological polar surface area (TPSA) is 94.7 Å². The van der Waals surface area contributed by atoms with Gasteiger partial charge in [0.15, 0.2) is 5.82 Å². The van der Waals surface area contributed by atoms with E-state index in [9.17, 15) is 0 Å². The van der Waals surface area contributed by atoms with E-state index in [-0.39, 0.29) is 6.04 Å². The Labute approximate surface area is 184 Å². The van der Waals surface area contributed by atoms with Crippen LogP contribution in [0.15, 0.2) is 30.7 Å². The number of rotatable bonds is 6. The monoisotopic (exact) mass is 438 g/mol. The average Bonchev–Trinajstić information content (AvgIpc) is 3.48. The van der Waals surface area contributed by atoms with Gasteiger partial charge in [-0.15, -0.1) is 0 Å². The summed E-state index contributed by atoms with van der Waals surface area (Å²) in [6, 6.07) is 4.61. The van der Waals surface area contributed by atoms with Crippen molar-refractivity contribution in [1.29, 1.82) is 0 Å². The van der Waals surface area contributed by atoms with Gasteiger partial charge in [0.1, 0.15) is 10.5 Å². The van der Waals surface area contributed by atoms with E-state index >= 15 is 0 Å². The molecule has 0 radical (unpaired) electrons. The molecule has 31 heavy (non-hydrogen) atoms. The van der Waals surface area contributed by atoms with Gasteiger partial charge < -0.3 is 19.9 Å². The Morgan fingerprint density at radius 1 is 1.23 bits per heavy atom. The van der Waals surface area contributed by atoms with Crippen molar-refractivity contribution in [3.63, 3.8) is 0 Å². The highest BCUT2D eigenvalue weighted by Gasteiger charge is 2.19. The van der Waals surface area contributed by atoms with Gasteiger partial charge in [-0.3, -0.25) is 4.68 Å². The fraction of sp³-hybridized carbons (Fsp3) is 0.429. The van der Waals surface area contributed by atoms with Crippen LogP contribution in [0.1, 0.15) is 38.4 Å². The minimum Gasteiger partial charge on any atom is -0.381 e. The minimum absolute atomic E-state index is 0.227. The second kappa shape index (κ2) is 8.27. The van der Waals surface area contributed by atoms with Gasteiger partial charge in [-0.2, -0.15) is 14.5 Å². The largest absolute Gasteiger partial charge is 0.381 e. The summed E-state index contributed by atoms with van der Waals surface area (Å²) in [6.07, 6.45) is 8.00. The van der Waals surface area contributed by atoms with Crippen molar-refractivity contribution in [2.75, 3.05) is 23.8 Å². The molecule has 0 aliphatic carbocycles. The van der Waals surface area contributed by atoms with Crippen LogP contribution in [0.25, 0.3) is 16.7 Å². The van der Waals surface area contributed by atoms with Crippen molar-refractivity contribution in [3.05, 3.63) is 36.4 Å². The first-order chi connectivity index (χ1) is 15.1. The number of fused-ring (bicyclic) bond motifs is 1. The Kier molecular flexibility index (Phi) is 5.33. The molecule has 0 bridgehead atoms. The summed E-state index contributed by atoms with van der Waals surface area (Å²) < 4.78 is 14.0. The zero-order chi connectivity index (χ0) is 21.4. The van der Waals surface area contributed by atoms with E-state index in [0.717, 1.165) is 59.3 Å². The van der Waals surface area contributed by atoms with Gasteiger partial charge in [0, 0.05) is 31.6 Å². The predicted molar refractivity (Wildman–Crippen MR) is 123 cm³/mol. The summed E-state index contributed by atoms with van der Waals surface area (Å²) in [6.45, 7) is 7.75. The number of nitrogens with one attached hydrogen (secondary N) is 2. The summed E-state index contributed by atoms with van der Waals surface area (Å²) in [5.74, 6) is 1.34. The minimum atomic E-state index is 0.227. The van der Waals surface area contributed by atoms with Crippen molar-refractivity contribution in [1.82, 2.24) is 28.7 Å². The molecular formula is C21H26N8OS. The summed E-state index contributed by atoms with van der Waals surface area (Å²) in [5.41, 5.74) is 3.77. The smallest absolute Gasteiger partial charge is 0.230 e. The van der Waals surface area contributed by atoms with Crippen molar-refractivity contribution >= 4 is 39.3 Å². The second-order valence-electron chi connectivity index (χ2n) is 8.09. The number of aromatic nitrogens is 6. The van der Waals surface area contributed by atoms with Gasteiger partial charge >= 0.3 is 0 Å². The molecule has 5 rings (SSSR count). The fourth-order valence-corrected chi connectivity index (χ4v) is 4.48. The molecule has 5 heterocycles. The van der Waals surface area contributed by atoms with Crippen LogP contribution in [0.2, 0.25) is 0 Å². The zero-order valence-corrected chi connectivity index (χ0v) is 18.7. The van der Waals surface area contributed by atoms with E-state index in [1.165, 1.54) is 11.5 Å². The number of hydrogen-bond donors (Lipinski definition) is 2. The lowest BCUT2D eigenvalue weighted by atomic mass is 10.1. The maximum Gasteiger partial charge on any atom is 0.230 e. The molecule has 1 aliphatic rings. The molecule has 0 amide bonds. The molecule has 4 aromatic rings. The van der Waals surface area contributed by atoms with Gasteiger partial charge in [0.05, 0.1) is 29.1 Å². The molecule has 0 aromatic carbocycles. The second-order valence-corrected chi connectivity index (χ2v) is 8.90. The van der Waals surface area contributed by atoms with E-state index in [0.29, 0.717) is 12.0 Å². The number of hydrogen-bond acceptors (Lipinski definition) is 8. The standard InChI is InChI=1S/C21H26N8OS/c1-13(2)23-20-19-17(24-21(26-20)25-18-10-14(3)27-31-18)4-7-28(19)16-11-22-29(12-16)15-5-8-30-9-6-15/h4,7,10-13,15H,5-6,8-9H2,1-3H3,(H2,23,24,25,26). The third kappa shape index (κ3) is 4.13. The Hall–Kier alpha value is -2.98. The quantitative estimate of drug-likeness (QED) is 0.463. The molecule has 1 aliphatic heterocycles. The third-order valence-electron chi connectivity index (χ3n) is 5.25. The van der Waals surface area contributed by atoms with Crippen LogP contribution in [0, 0.1) is 6.92 Å². The van der Waals surface area contributed by atoms with E-state index in [2.05, 4.69) is 49.4 Å². The van der Waals surface area contributed by atoms with Crippen molar-refractivity contribution in [2.24, 2.45) is 0 Å². The molecule has 1 saturated heterocycles. The van der Waals surface area contributed by atoms with Crippen LogP contribution >= 0.6 is 11.5 Å². The van der Waals surface area contributed by atoms with Crippen molar-refractivity contribution in [3.8, 4) is 5.69 Å². The number of anilines is 3. The molecule has 162 valence electrons. The van der Waals surface area contributed by atoms with Gasteiger partial charge in [-0.05, 0) is 57.3 Å². The molecule has 0 atom stereocenters. The average molecular weight is 439 g/mol. The number of aryl methyl sites for hydroxylation is 1. The maximum atomic E-state index is 5.49. The highest BCUT2D eigenvalue weighted by Crippen LogP contribution is 2.29. The Morgan fingerprint density at radius 2 is 2.06 bits per heavy atom. The van der Waals surface area contributed by atoms with E-state index < -0.39 is 0 Å². The molecule has 1 fully saturated rings. The van der Waals surface area contributed by atoms with Crippen molar-refractivity contribution in [2.45, 2.75) is 45.7 Å². The van der Waals surface area contributed by atoms with Crippen LogP contribution in [-0.4, -0.2) is 47.9 Å². The first kappa shape index (κ1) is 20.0. The van der Waals surface area contributed by atoms with Gasteiger partial charge in [0.2, 0.25) is 5.95 Å². The molecule has 4 aromatic heterocycles. The van der Waals surface area contributed by atoms with E-state index in [1.54, 1.807) is 0 Å². The summed E-state index contributed by atoms with van der Waals surface area (Å²) >= 11 is 1.40. The maximum absolute atomic E-state index is 5.49. The first-order valence-electron chi connectivity index (χ1n) is 10.5. The highest BCUT2D eigenvalue weighted by molar-refractivity contribution is 7.10. The predicted octanol–water partition coefficient (Wildman–Crippen LogP) is 4.30. The lowest BCUT2D eigenvalue weighted by molar-refractivity contribution is 0.0662. The third-order valence-corrected chi connectivity index (χ3v) is 6.05. The Morgan fingerprint density at radius 3 is 2.81 bits per heavy atom. The molecule has 2 N–H and O–H groups in total. The zero-order valence-electron chi connectivity index (χ0n) is 17.9. The fourth-order valence-electron chi connectivity index (χ4n) is 3.83.